The molecule has 0 fully saturated rings. The first-order valence-electron chi connectivity index (χ1n) is 8.38. The first-order chi connectivity index (χ1) is 11.8. The van der Waals surface area contributed by atoms with E-state index in [1.165, 1.54) is 5.56 Å². The quantitative estimate of drug-likeness (QED) is 0.413. The summed E-state index contributed by atoms with van der Waals surface area (Å²) in [4.78, 5) is 10.7. The van der Waals surface area contributed by atoms with Crippen LogP contribution in [0.15, 0.2) is 48.5 Å². The van der Waals surface area contributed by atoms with E-state index in [-0.39, 0.29) is 10.7 Å². The summed E-state index contributed by atoms with van der Waals surface area (Å²) in [5, 5.41) is -0.329. The maximum atomic E-state index is 10.7. The van der Waals surface area contributed by atoms with E-state index in [1.54, 1.807) is 0 Å². The number of carbonyl (C=O) groups is 1. The minimum absolute atomic E-state index is 0.152. The van der Waals surface area contributed by atoms with Crippen molar-refractivity contribution in [2.45, 2.75) is 39.0 Å². The number of carbonyl (C=O) groups excluding carboxylic acids is 1. The van der Waals surface area contributed by atoms with Crippen LogP contribution in [0.25, 0.3) is 0 Å². The molecule has 2 rings (SSSR count). The molecule has 25 heavy (non-hydrogen) atoms. The van der Waals surface area contributed by atoms with Crippen molar-refractivity contribution < 1.29 is 9.53 Å². The molecular formula is C22H23ClO2. The molecule has 0 heterocycles. The van der Waals surface area contributed by atoms with E-state index in [0.29, 0.717) is 19.4 Å². The monoisotopic (exact) mass is 354 g/mol. The average Bonchev–Trinajstić information content (AvgIpc) is 2.57. The maximum absolute atomic E-state index is 10.7. The molecule has 0 N–H and O–H groups in total. The Hall–Kier alpha value is -2.24. The summed E-state index contributed by atoms with van der Waals surface area (Å²) in [6.07, 6.45) is 0.952. The van der Waals surface area contributed by atoms with Crippen molar-refractivity contribution in [2.24, 2.45) is 0 Å². The third-order valence-electron chi connectivity index (χ3n) is 3.74. The van der Waals surface area contributed by atoms with Gasteiger partial charge in [-0.05, 0) is 65.4 Å². The molecule has 0 aliphatic carbocycles. The SMILES string of the molecule is CC(C)(C)c1ccc(C#Cc2ccc(OCCCC(=O)Cl)cc2)cc1. The predicted molar refractivity (Wildman–Crippen MR) is 103 cm³/mol. The Balaban J connectivity index is 1.93. The minimum Gasteiger partial charge on any atom is -0.494 e. The summed E-state index contributed by atoms with van der Waals surface area (Å²) in [5.41, 5.74) is 3.39. The second-order valence-electron chi connectivity index (χ2n) is 6.91. The van der Waals surface area contributed by atoms with Crippen LogP contribution in [0.5, 0.6) is 5.75 Å². The van der Waals surface area contributed by atoms with Crippen molar-refractivity contribution in [1.29, 1.82) is 0 Å². The second kappa shape index (κ2) is 8.74. The molecule has 0 spiro atoms. The first kappa shape index (κ1) is 19.1. The molecule has 130 valence electrons. The summed E-state index contributed by atoms with van der Waals surface area (Å²) in [6.45, 7) is 7.07. The topological polar surface area (TPSA) is 26.3 Å². The molecule has 0 saturated heterocycles. The Morgan fingerprint density at radius 3 is 1.96 bits per heavy atom. The molecule has 0 radical (unpaired) electrons. The van der Waals surface area contributed by atoms with Crippen molar-refractivity contribution in [3.8, 4) is 17.6 Å². The Morgan fingerprint density at radius 1 is 0.960 bits per heavy atom. The fourth-order valence-corrected chi connectivity index (χ4v) is 2.37. The Morgan fingerprint density at radius 2 is 1.48 bits per heavy atom. The standard InChI is InChI=1S/C22H23ClO2/c1-22(2,3)19-12-8-17(9-13-19)6-7-18-10-14-20(15-11-18)25-16-4-5-21(23)24/h8-15H,4-5,16H2,1-3H3. The van der Waals surface area contributed by atoms with E-state index in [1.807, 2.05) is 24.3 Å². The van der Waals surface area contributed by atoms with Gasteiger partial charge < -0.3 is 4.74 Å². The highest BCUT2D eigenvalue weighted by Gasteiger charge is 2.12. The number of rotatable bonds is 5. The van der Waals surface area contributed by atoms with E-state index < -0.39 is 0 Å². The Bertz CT molecular complexity index is 757. The lowest BCUT2D eigenvalue weighted by Crippen LogP contribution is -2.10. The summed E-state index contributed by atoms with van der Waals surface area (Å²) in [7, 11) is 0. The van der Waals surface area contributed by atoms with Crippen molar-refractivity contribution in [3.63, 3.8) is 0 Å². The molecule has 2 aromatic carbocycles. The number of halogens is 1. The lowest BCUT2D eigenvalue weighted by atomic mass is 9.87. The van der Waals surface area contributed by atoms with Crippen LogP contribution < -0.4 is 4.74 Å². The van der Waals surface area contributed by atoms with Crippen molar-refractivity contribution >= 4 is 16.8 Å². The molecule has 0 atom stereocenters. The number of benzene rings is 2. The van der Waals surface area contributed by atoms with E-state index in [4.69, 9.17) is 16.3 Å². The zero-order chi connectivity index (χ0) is 18.3. The summed E-state index contributed by atoms with van der Waals surface area (Å²) < 4.78 is 5.56. The van der Waals surface area contributed by atoms with Crippen LogP contribution in [0.1, 0.15) is 50.3 Å². The van der Waals surface area contributed by atoms with E-state index in [2.05, 4.69) is 56.9 Å². The van der Waals surface area contributed by atoms with Gasteiger partial charge in [0.15, 0.2) is 0 Å². The molecule has 0 aromatic heterocycles. The second-order valence-corrected chi connectivity index (χ2v) is 7.33. The zero-order valence-corrected chi connectivity index (χ0v) is 15.7. The van der Waals surface area contributed by atoms with Gasteiger partial charge in [0.1, 0.15) is 5.75 Å². The molecule has 0 bridgehead atoms. The minimum atomic E-state index is -0.329. The van der Waals surface area contributed by atoms with E-state index in [0.717, 1.165) is 16.9 Å². The van der Waals surface area contributed by atoms with Gasteiger partial charge in [0.05, 0.1) is 6.61 Å². The molecule has 2 aromatic rings. The molecular weight excluding hydrogens is 332 g/mol. The first-order valence-corrected chi connectivity index (χ1v) is 8.76. The normalized spacial score (nSPS) is 10.7. The molecule has 0 aliphatic heterocycles. The third-order valence-corrected chi connectivity index (χ3v) is 3.93. The van der Waals surface area contributed by atoms with E-state index >= 15 is 0 Å². The summed E-state index contributed by atoms with van der Waals surface area (Å²) in [6, 6.07) is 16.0. The van der Waals surface area contributed by atoms with Crippen LogP contribution in [0.3, 0.4) is 0 Å². The van der Waals surface area contributed by atoms with Crippen molar-refractivity contribution in [3.05, 3.63) is 65.2 Å². The zero-order valence-electron chi connectivity index (χ0n) is 14.9. The van der Waals surface area contributed by atoms with Crippen LogP contribution in [0.2, 0.25) is 0 Å². The molecule has 0 amide bonds. The van der Waals surface area contributed by atoms with Gasteiger partial charge in [-0.25, -0.2) is 0 Å². The van der Waals surface area contributed by atoms with Crippen LogP contribution in [0, 0.1) is 11.8 Å². The van der Waals surface area contributed by atoms with Gasteiger partial charge in [-0.3, -0.25) is 4.79 Å². The van der Waals surface area contributed by atoms with Crippen LogP contribution >= 0.6 is 11.6 Å². The molecule has 0 unspecified atom stereocenters. The predicted octanol–water partition coefficient (Wildman–Crippen LogP) is 5.31. The van der Waals surface area contributed by atoms with Gasteiger partial charge in [-0.15, -0.1) is 0 Å². The molecule has 2 nitrogen and oxygen atoms in total. The fourth-order valence-electron chi connectivity index (χ4n) is 2.23. The van der Waals surface area contributed by atoms with Gasteiger partial charge in [-0.1, -0.05) is 44.7 Å². The number of ether oxygens (including phenoxy) is 1. The number of hydrogen-bond acceptors (Lipinski definition) is 2. The van der Waals surface area contributed by atoms with Crippen LogP contribution in [-0.4, -0.2) is 11.8 Å². The van der Waals surface area contributed by atoms with Crippen molar-refractivity contribution in [2.75, 3.05) is 6.61 Å². The van der Waals surface area contributed by atoms with Gasteiger partial charge in [0.2, 0.25) is 5.24 Å². The fraction of sp³-hybridized carbons (Fsp3) is 0.318. The van der Waals surface area contributed by atoms with Crippen molar-refractivity contribution in [1.82, 2.24) is 0 Å². The van der Waals surface area contributed by atoms with Crippen LogP contribution in [-0.2, 0) is 10.2 Å². The maximum Gasteiger partial charge on any atom is 0.221 e. The molecule has 3 heteroatoms. The molecule has 0 aliphatic rings. The Kier molecular flexibility index (Phi) is 6.67. The Labute approximate surface area is 155 Å². The lowest BCUT2D eigenvalue weighted by molar-refractivity contribution is -0.111. The highest BCUT2D eigenvalue weighted by atomic mass is 35.5. The molecule has 0 saturated carbocycles. The van der Waals surface area contributed by atoms with Gasteiger partial charge >= 0.3 is 0 Å². The largest absolute Gasteiger partial charge is 0.494 e. The van der Waals surface area contributed by atoms with Gasteiger partial charge in [-0.2, -0.15) is 0 Å². The van der Waals surface area contributed by atoms with Gasteiger partial charge in [0.25, 0.3) is 0 Å². The average molecular weight is 355 g/mol. The summed E-state index contributed by atoms with van der Waals surface area (Å²) >= 11 is 5.29. The number of hydrogen-bond donors (Lipinski definition) is 0. The third kappa shape index (κ3) is 6.64. The van der Waals surface area contributed by atoms with E-state index in [9.17, 15) is 4.79 Å². The lowest BCUT2D eigenvalue weighted by Gasteiger charge is -2.18. The summed E-state index contributed by atoms with van der Waals surface area (Å²) in [5.74, 6) is 7.11. The van der Waals surface area contributed by atoms with Crippen LogP contribution in [0.4, 0.5) is 0 Å². The highest BCUT2D eigenvalue weighted by Crippen LogP contribution is 2.22. The smallest absolute Gasteiger partial charge is 0.221 e. The van der Waals surface area contributed by atoms with Gasteiger partial charge in [0, 0.05) is 17.5 Å². The highest BCUT2D eigenvalue weighted by molar-refractivity contribution is 6.63.